The average molecular weight is 371 g/mol. The Labute approximate surface area is 142 Å². The third-order valence-electron chi connectivity index (χ3n) is 3.96. The van der Waals surface area contributed by atoms with Crippen LogP contribution in [0.2, 0.25) is 0 Å². The monoisotopic (exact) mass is 370 g/mol. The summed E-state index contributed by atoms with van der Waals surface area (Å²) >= 11 is 3.34. The second-order valence-electron chi connectivity index (χ2n) is 5.57. The van der Waals surface area contributed by atoms with Crippen LogP contribution in [0.5, 0.6) is 0 Å². The largest absolute Gasteiger partial charge is 0.453 e. The Balaban J connectivity index is 1.52. The van der Waals surface area contributed by atoms with Gasteiger partial charge in [-0.05, 0) is 40.2 Å². The molecule has 0 N–H and O–H groups in total. The minimum absolute atomic E-state index is 0.773. The average Bonchev–Trinajstić information content (AvgIpc) is 3.00. The van der Waals surface area contributed by atoms with Gasteiger partial charge in [0.1, 0.15) is 5.76 Å². The summed E-state index contributed by atoms with van der Waals surface area (Å²) in [5.74, 6) is 1.74. The molecule has 1 aliphatic rings. The zero-order chi connectivity index (χ0) is 15.6. The quantitative estimate of drug-likeness (QED) is 0.706. The summed E-state index contributed by atoms with van der Waals surface area (Å²) < 4.78 is 6.36. The van der Waals surface area contributed by atoms with Gasteiger partial charge in [-0.15, -0.1) is 0 Å². The number of pyridine rings is 1. The molecule has 0 saturated carbocycles. The summed E-state index contributed by atoms with van der Waals surface area (Å²) in [5, 5.41) is 0. The van der Waals surface area contributed by atoms with Crippen LogP contribution in [0.15, 0.2) is 51.9 Å². The Bertz CT molecular complexity index is 818. The number of hydrogen-bond donors (Lipinski definition) is 0. The van der Waals surface area contributed by atoms with Crippen LogP contribution in [0.4, 0.5) is 0 Å². The van der Waals surface area contributed by atoms with Gasteiger partial charge in [0, 0.05) is 49.2 Å². The molecule has 0 aliphatic carbocycles. The molecular formula is C17H15BrN4O. The molecule has 0 spiro atoms. The van der Waals surface area contributed by atoms with E-state index in [9.17, 15) is 0 Å². The number of nitrogens with zero attached hydrogens (tertiary/aromatic N) is 4. The fourth-order valence-electron chi connectivity index (χ4n) is 2.81. The highest BCUT2D eigenvalue weighted by molar-refractivity contribution is 9.10. The zero-order valence-corrected chi connectivity index (χ0v) is 14.0. The van der Waals surface area contributed by atoms with E-state index in [-0.39, 0.29) is 0 Å². The molecule has 0 aromatic carbocycles. The van der Waals surface area contributed by atoms with E-state index in [4.69, 9.17) is 9.40 Å². The Hall–Kier alpha value is -2.05. The van der Waals surface area contributed by atoms with Crippen LogP contribution in [0.25, 0.3) is 11.4 Å². The smallest absolute Gasteiger partial charge is 0.169 e. The summed E-state index contributed by atoms with van der Waals surface area (Å²) in [4.78, 5) is 15.6. The van der Waals surface area contributed by atoms with Crippen molar-refractivity contribution >= 4 is 15.9 Å². The van der Waals surface area contributed by atoms with Crippen LogP contribution in [0, 0.1) is 0 Å². The normalized spacial score (nSPS) is 14.7. The number of halogens is 1. The SMILES string of the molecule is Brc1ccc(CN2CCc3nc(-c4ccncc4)ncc3C2)o1. The van der Waals surface area contributed by atoms with E-state index in [0.29, 0.717) is 0 Å². The number of fused-ring (bicyclic) bond motifs is 1. The molecule has 0 atom stereocenters. The van der Waals surface area contributed by atoms with Gasteiger partial charge in [0.25, 0.3) is 0 Å². The number of rotatable bonds is 3. The van der Waals surface area contributed by atoms with Crippen LogP contribution in [0.1, 0.15) is 17.0 Å². The first-order valence-electron chi connectivity index (χ1n) is 7.50. The van der Waals surface area contributed by atoms with Crippen molar-refractivity contribution in [3.05, 3.63) is 64.5 Å². The maximum Gasteiger partial charge on any atom is 0.169 e. The standard InChI is InChI=1S/C17H15BrN4O/c18-16-2-1-14(23-16)11-22-8-5-15-13(10-22)9-20-17(21-15)12-3-6-19-7-4-12/h1-4,6-7,9H,5,8,10-11H2. The lowest BCUT2D eigenvalue weighted by Crippen LogP contribution is -2.30. The number of furan rings is 1. The van der Waals surface area contributed by atoms with Gasteiger partial charge < -0.3 is 4.42 Å². The Kier molecular flexibility index (Phi) is 3.93. The lowest BCUT2D eigenvalue weighted by atomic mass is 10.1. The molecule has 4 heterocycles. The van der Waals surface area contributed by atoms with Crippen molar-refractivity contribution in [3.63, 3.8) is 0 Å². The summed E-state index contributed by atoms with van der Waals surface area (Å²) in [6, 6.07) is 7.80. The van der Waals surface area contributed by atoms with Gasteiger partial charge in [-0.2, -0.15) is 0 Å². The predicted octanol–water partition coefficient (Wildman–Crippen LogP) is 3.45. The molecular weight excluding hydrogens is 356 g/mol. The lowest BCUT2D eigenvalue weighted by Gasteiger charge is -2.27. The molecule has 0 radical (unpaired) electrons. The number of hydrogen-bond acceptors (Lipinski definition) is 5. The molecule has 3 aromatic rings. The molecule has 0 saturated heterocycles. The molecule has 3 aromatic heterocycles. The molecule has 0 bridgehead atoms. The summed E-state index contributed by atoms with van der Waals surface area (Å²) in [7, 11) is 0. The third kappa shape index (κ3) is 3.18. The van der Waals surface area contributed by atoms with E-state index >= 15 is 0 Å². The third-order valence-corrected chi connectivity index (χ3v) is 4.39. The van der Waals surface area contributed by atoms with Gasteiger partial charge in [0.15, 0.2) is 10.5 Å². The molecule has 0 unspecified atom stereocenters. The van der Waals surface area contributed by atoms with Gasteiger partial charge in [-0.3, -0.25) is 9.88 Å². The van der Waals surface area contributed by atoms with Crippen molar-refractivity contribution < 1.29 is 4.42 Å². The van der Waals surface area contributed by atoms with E-state index in [1.54, 1.807) is 12.4 Å². The highest BCUT2D eigenvalue weighted by Gasteiger charge is 2.19. The van der Waals surface area contributed by atoms with Crippen molar-refractivity contribution in [2.75, 3.05) is 6.54 Å². The molecule has 5 nitrogen and oxygen atoms in total. The first-order valence-corrected chi connectivity index (χ1v) is 8.29. The van der Waals surface area contributed by atoms with Crippen LogP contribution in [-0.2, 0) is 19.5 Å². The highest BCUT2D eigenvalue weighted by Crippen LogP contribution is 2.23. The van der Waals surface area contributed by atoms with Crippen LogP contribution >= 0.6 is 15.9 Å². The molecule has 1 aliphatic heterocycles. The van der Waals surface area contributed by atoms with E-state index < -0.39 is 0 Å². The van der Waals surface area contributed by atoms with Crippen molar-refractivity contribution in [1.29, 1.82) is 0 Å². The maximum atomic E-state index is 5.59. The van der Waals surface area contributed by atoms with Gasteiger partial charge in [-0.1, -0.05) is 0 Å². The summed E-state index contributed by atoms with van der Waals surface area (Å²) in [6.07, 6.45) is 6.41. The highest BCUT2D eigenvalue weighted by atomic mass is 79.9. The zero-order valence-electron chi connectivity index (χ0n) is 12.4. The Morgan fingerprint density at radius 1 is 1.17 bits per heavy atom. The molecule has 116 valence electrons. The lowest BCUT2D eigenvalue weighted by molar-refractivity contribution is 0.222. The molecule has 4 rings (SSSR count). The molecule has 0 amide bonds. The minimum atomic E-state index is 0.773. The fourth-order valence-corrected chi connectivity index (χ4v) is 3.15. The minimum Gasteiger partial charge on any atom is -0.453 e. The van der Waals surface area contributed by atoms with E-state index in [0.717, 1.165) is 53.6 Å². The van der Waals surface area contributed by atoms with Crippen molar-refractivity contribution in [2.45, 2.75) is 19.5 Å². The van der Waals surface area contributed by atoms with Crippen molar-refractivity contribution in [2.24, 2.45) is 0 Å². The second-order valence-corrected chi connectivity index (χ2v) is 6.35. The topological polar surface area (TPSA) is 55.1 Å². The Morgan fingerprint density at radius 2 is 2.04 bits per heavy atom. The second kappa shape index (κ2) is 6.22. The molecule has 23 heavy (non-hydrogen) atoms. The van der Waals surface area contributed by atoms with Crippen LogP contribution in [-0.4, -0.2) is 26.4 Å². The van der Waals surface area contributed by atoms with E-state index in [1.165, 1.54) is 5.56 Å². The molecule has 6 heteroatoms. The number of aromatic nitrogens is 3. The maximum absolute atomic E-state index is 5.59. The van der Waals surface area contributed by atoms with Crippen molar-refractivity contribution in [1.82, 2.24) is 19.9 Å². The van der Waals surface area contributed by atoms with Crippen molar-refractivity contribution in [3.8, 4) is 11.4 Å². The summed E-state index contributed by atoms with van der Waals surface area (Å²) in [5.41, 5.74) is 3.34. The van der Waals surface area contributed by atoms with Gasteiger partial charge in [-0.25, -0.2) is 9.97 Å². The Morgan fingerprint density at radius 3 is 2.83 bits per heavy atom. The van der Waals surface area contributed by atoms with Gasteiger partial charge >= 0.3 is 0 Å². The first kappa shape index (κ1) is 14.5. The van der Waals surface area contributed by atoms with Crippen LogP contribution in [0.3, 0.4) is 0 Å². The van der Waals surface area contributed by atoms with E-state index in [1.807, 2.05) is 30.5 Å². The van der Waals surface area contributed by atoms with Gasteiger partial charge in [0.05, 0.1) is 12.2 Å². The predicted molar refractivity (Wildman–Crippen MR) is 89.5 cm³/mol. The summed E-state index contributed by atoms with van der Waals surface area (Å²) in [6.45, 7) is 2.62. The van der Waals surface area contributed by atoms with E-state index in [2.05, 4.69) is 30.8 Å². The molecule has 0 fully saturated rings. The first-order chi connectivity index (χ1) is 11.3. The fraction of sp³-hybridized carbons (Fsp3) is 0.235. The van der Waals surface area contributed by atoms with Crippen LogP contribution < -0.4 is 0 Å². The van der Waals surface area contributed by atoms with Gasteiger partial charge in [0.2, 0.25) is 0 Å².